The van der Waals surface area contributed by atoms with E-state index in [0.29, 0.717) is 137 Å². The summed E-state index contributed by atoms with van der Waals surface area (Å²) in [5, 5.41) is 18.4. The van der Waals surface area contributed by atoms with Gasteiger partial charge in [-0.2, -0.15) is 11.8 Å². The molecule has 356 valence electrons. The number of aliphatic hydroxyl groups is 1. The maximum Gasteiger partial charge on any atom is 0.317 e. The Hall–Kier alpha value is -2.30. The zero-order valence-corrected chi connectivity index (χ0v) is 38.4. The molecule has 0 spiro atoms. The summed E-state index contributed by atoms with van der Waals surface area (Å²) >= 11 is 1.74. The van der Waals surface area contributed by atoms with Gasteiger partial charge < -0.3 is 68.8 Å². The number of hydrogen-bond donors (Lipinski definition) is 4. The summed E-state index contributed by atoms with van der Waals surface area (Å²) in [6.07, 6.45) is 8.52. The van der Waals surface area contributed by atoms with Crippen LogP contribution in [0.3, 0.4) is 0 Å². The summed E-state index contributed by atoms with van der Waals surface area (Å²) in [6, 6.07) is -0.332. The van der Waals surface area contributed by atoms with Crippen molar-refractivity contribution in [2.75, 3.05) is 164 Å². The summed E-state index contributed by atoms with van der Waals surface area (Å²) in [5.41, 5.74) is 0.909. The molecular formula is C42H80N6O12S. The van der Waals surface area contributed by atoms with Gasteiger partial charge >= 0.3 is 12.1 Å². The van der Waals surface area contributed by atoms with Crippen LogP contribution in [-0.2, 0) is 42.7 Å². The van der Waals surface area contributed by atoms with E-state index in [1.807, 2.05) is 11.2 Å². The summed E-state index contributed by atoms with van der Waals surface area (Å²) < 4.78 is 43.7. The first kappa shape index (κ1) is 54.8. The number of ether oxygens (including phenoxy) is 8. The maximum atomic E-state index is 12.4. The number of rotatable bonds is 33. The second-order valence-corrected chi connectivity index (χ2v) is 15.8. The van der Waals surface area contributed by atoms with Crippen LogP contribution in [0.25, 0.3) is 0 Å². The second kappa shape index (κ2) is 37.1. The van der Waals surface area contributed by atoms with Crippen LogP contribution in [0.4, 0.5) is 9.59 Å². The lowest BCUT2D eigenvalue weighted by molar-refractivity contribution is -0.126. The number of unbranched alkanes of at least 4 members (excludes halogenated alkanes) is 2. The predicted molar refractivity (Wildman–Crippen MR) is 236 cm³/mol. The maximum absolute atomic E-state index is 12.4. The van der Waals surface area contributed by atoms with Crippen LogP contribution in [0.1, 0.15) is 58.8 Å². The first-order valence-electron chi connectivity index (χ1n) is 22.4. The topological polar surface area (TPSA) is 191 Å². The van der Waals surface area contributed by atoms with Crippen molar-refractivity contribution in [1.29, 1.82) is 0 Å². The van der Waals surface area contributed by atoms with Crippen molar-refractivity contribution >= 4 is 29.7 Å². The van der Waals surface area contributed by atoms with Gasteiger partial charge in [-0.15, -0.1) is 0 Å². The fourth-order valence-electron chi connectivity index (χ4n) is 6.49. The van der Waals surface area contributed by atoms with Crippen LogP contribution < -0.4 is 16.0 Å². The number of thioether (sulfide) groups is 1. The molecule has 0 saturated carbocycles. The highest BCUT2D eigenvalue weighted by atomic mass is 32.2. The molecule has 3 rings (SSSR count). The Labute approximate surface area is 369 Å². The Kier molecular flexibility index (Phi) is 33.4. The van der Waals surface area contributed by atoms with Gasteiger partial charge in [-0.05, 0) is 31.9 Å². The SMILES string of the molecule is C=C1CCC(=O)N1CCN1CCN(C(=O)NCCOCCOCCOCCOCCOCCNC(=O)NCCOCCOCCCCC)CC1.CCC1OCCC(SC)C1O. The summed E-state index contributed by atoms with van der Waals surface area (Å²) in [4.78, 5) is 42.0. The third kappa shape index (κ3) is 26.8. The molecule has 0 aliphatic carbocycles. The van der Waals surface area contributed by atoms with E-state index in [4.69, 9.17) is 37.9 Å². The lowest BCUT2D eigenvalue weighted by Crippen LogP contribution is -2.53. The van der Waals surface area contributed by atoms with Gasteiger partial charge in [-0.3, -0.25) is 9.69 Å². The number of carbonyl (C=O) groups excluding carboxylic acids is 3. The van der Waals surface area contributed by atoms with Crippen LogP contribution in [0.5, 0.6) is 0 Å². The van der Waals surface area contributed by atoms with Crippen LogP contribution in [-0.4, -0.2) is 219 Å². The van der Waals surface area contributed by atoms with Gasteiger partial charge in [0.2, 0.25) is 5.91 Å². The van der Waals surface area contributed by atoms with Crippen molar-refractivity contribution in [2.45, 2.75) is 76.3 Å². The molecule has 3 heterocycles. The minimum atomic E-state index is -0.260. The number of aliphatic hydroxyl groups excluding tert-OH is 1. The molecule has 0 radical (unpaired) electrons. The zero-order valence-electron chi connectivity index (χ0n) is 37.5. The average molecular weight is 893 g/mol. The van der Waals surface area contributed by atoms with Gasteiger partial charge in [0.1, 0.15) is 0 Å². The third-order valence-electron chi connectivity index (χ3n) is 10.1. The van der Waals surface area contributed by atoms with Gasteiger partial charge in [0.15, 0.2) is 0 Å². The van der Waals surface area contributed by atoms with Gasteiger partial charge in [0.25, 0.3) is 0 Å². The Bertz CT molecular complexity index is 1110. The molecule has 18 nitrogen and oxygen atoms in total. The largest absolute Gasteiger partial charge is 0.389 e. The molecule has 3 fully saturated rings. The number of carbonyl (C=O) groups is 3. The van der Waals surface area contributed by atoms with Crippen LogP contribution in [0, 0.1) is 0 Å². The van der Waals surface area contributed by atoms with E-state index >= 15 is 0 Å². The van der Waals surface area contributed by atoms with Crippen LogP contribution >= 0.6 is 11.8 Å². The van der Waals surface area contributed by atoms with E-state index in [2.05, 4.69) is 41.3 Å². The molecule has 3 saturated heterocycles. The van der Waals surface area contributed by atoms with E-state index in [9.17, 15) is 19.5 Å². The number of piperazine rings is 1. The van der Waals surface area contributed by atoms with E-state index < -0.39 is 0 Å². The lowest BCUT2D eigenvalue weighted by Gasteiger charge is -2.35. The van der Waals surface area contributed by atoms with Crippen LogP contribution in [0.15, 0.2) is 12.3 Å². The molecule has 3 atom stereocenters. The van der Waals surface area contributed by atoms with Crippen molar-refractivity contribution in [3.8, 4) is 0 Å². The van der Waals surface area contributed by atoms with Crippen molar-refractivity contribution in [1.82, 2.24) is 30.7 Å². The molecule has 3 unspecified atom stereocenters. The average Bonchev–Trinajstić information content (AvgIpc) is 3.60. The first-order valence-corrected chi connectivity index (χ1v) is 23.7. The predicted octanol–water partition coefficient (Wildman–Crippen LogP) is 2.33. The molecule has 0 aromatic heterocycles. The van der Waals surface area contributed by atoms with E-state index in [1.165, 1.54) is 12.8 Å². The number of hydrogen-bond acceptors (Lipinski definition) is 14. The Morgan fingerprint density at radius 1 is 0.721 bits per heavy atom. The molecule has 3 aliphatic heterocycles. The number of allylic oxidation sites excluding steroid dienone is 1. The summed E-state index contributed by atoms with van der Waals surface area (Å²) in [5.74, 6) is 0.159. The molecular weight excluding hydrogens is 813 g/mol. The van der Waals surface area contributed by atoms with Gasteiger partial charge in [0.05, 0.1) is 98.1 Å². The third-order valence-corrected chi connectivity index (χ3v) is 11.3. The Balaban J connectivity index is 0.00000100. The Morgan fingerprint density at radius 2 is 1.23 bits per heavy atom. The minimum absolute atomic E-state index is 0.0706. The molecule has 3 aliphatic rings. The normalized spacial score (nSPS) is 19.5. The van der Waals surface area contributed by atoms with Crippen molar-refractivity contribution < 1.29 is 57.4 Å². The number of nitrogens with one attached hydrogen (secondary N) is 3. The quantitative estimate of drug-likeness (QED) is 0.0703. The molecule has 0 aromatic carbocycles. The highest BCUT2D eigenvalue weighted by molar-refractivity contribution is 7.99. The second-order valence-electron chi connectivity index (χ2n) is 14.7. The molecule has 5 amide bonds. The lowest BCUT2D eigenvalue weighted by atomic mass is 10.0. The van der Waals surface area contributed by atoms with Crippen molar-refractivity contribution in [3.63, 3.8) is 0 Å². The number of amides is 5. The Morgan fingerprint density at radius 3 is 1.70 bits per heavy atom. The highest BCUT2D eigenvalue weighted by Crippen LogP contribution is 2.25. The van der Waals surface area contributed by atoms with E-state index in [-0.39, 0.29) is 30.2 Å². The van der Waals surface area contributed by atoms with Gasteiger partial charge in [-0.1, -0.05) is 33.3 Å². The molecule has 0 aromatic rings. The van der Waals surface area contributed by atoms with Crippen molar-refractivity contribution in [2.24, 2.45) is 0 Å². The van der Waals surface area contributed by atoms with E-state index in [1.54, 1.807) is 16.7 Å². The van der Waals surface area contributed by atoms with Gasteiger partial charge in [-0.25, -0.2) is 9.59 Å². The monoisotopic (exact) mass is 893 g/mol. The summed E-state index contributed by atoms with van der Waals surface area (Å²) in [7, 11) is 0. The molecule has 0 bridgehead atoms. The molecule has 4 N–H and O–H groups in total. The molecule has 61 heavy (non-hydrogen) atoms. The van der Waals surface area contributed by atoms with Gasteiger partial charge in [0, 0.05) is 89.5 Å². The summed E-state index contributed by atoms with van der Waals surface area (Å²) in [6.45, 7) is 21.4. The van der Waals surface area contributed by atoms with Crippen molar-refractivity contribution in [3.05, 3.63) is 12.3 Å². The van der Waals surface area contributed by atoms with E-state index in [0.717, 1.165) is 64.2 Å². The fraction of sp³-hybridized carbons (Fsp3) is 0.881. The standard InChI is InChI=1S/C34H64N6O10.C8H16O2S/c1-3-4-5-17-44-21-22-45-18-8-35-33(42)36-9-19-46-23-25-48-27-29-50-30-28-49-26-24-47-20-10-37-34(43)39-14-11-38(12-15-39)13-16-40-31(2)6-7-32(40)41;1-3-6-8(9)7(11-2)4-5-10-6/h2-30H2,1H3,(H,37,43)(H2,35,36,42);6-9H,3-5H2,1-2H3. The zero-order chi connectivity index (χ0) is 44.2. The highest BCUT2D eigenvalue weighted by Gasteiger charge is 2.30. The minimum Gasteiger partial charge on any atom is -0.389 e. The number of urea groups is 2. The molecule has 19 heteroatoms. The smallest absolute Gasteiger partial charge is 0.317 e. The van der Waals surface area contributed by atoms with Crippen LogP contribution in [0.2, 0.25) is 0 Å². The number of likely N-dealkylation sites (tertiary alicyclic amines) is 1. The number of nitrogens with zero attached hydrogens (tertiary/aromatic N) is 3. The first-order chi connectivity index (χ1) is 29.8. The fourth-order valence-corrected chi connectivity index (χ4v) is 7.28.